The summed E-state index contributed by atoms with van der Waals surface area (Å²) in [6, 6.07) is 4.14. The van der Waals surface area contributed by atoms with E-state index in [4.69, 9.17) is 7.85 Å². The van der Waals surface area contributed by atoms with Gasteiger partial charge in [0.05, 0.1) is 0 Å². The highest BCUT2D eigenvalue weighted by Gasteiger charge is 1.98. The molecule has 0 spiro atoms. The lowest BCUT2D eigenvalue weighted by Gasteiger charge is -2.05. The third kappa shape index (κ3) is 1.36. The van der Waals surface area contributed by atoms with E-state index in [2.05, 4.69) is 35.6 Å². The summed E-state index contributed by atoms with van der Waals surface area (Å²) in [5.74, 6) is 0. The van der Waals surface area contributed by atoms with E-state index in [0.717, 1.165) is 11.0 Å². The molecule has 0 aliphatic heterocycles. The van der Waals surface area contributed by atoms with E-state index < -0.39 is 0 Å². The fourth-order valence-corrected chi connectivity index (χ4v) is 1.40. The van der Waals surface area contributed by atoms with Crippen molar-refractivity contribution in [2.75, 3.05) is 0 Å². The molecule has 50 valence electrons. The van der Waals surface area contributed by atoms with Gasteiger partial charge < -0.3 is 0 Å². The van der Waals surface area contributed by atoms with Crippen LogP contribution in [0.5, 0.6) is 0 Å². The van der Waals surface area contributed by atoms with Crippen molar-refractivity contribution in [3.63, 3.8) is 0 Å². The number of hydrogen-bond donors (Lipinski definition) is 0. The van der Waals surface area contributed by atoms with Gasteiger partial charge in [-0.2, -0.15) is 0 Å². The van der Waals surface area contributed by atoms with Crippen LogP contribution in [0.25, 0.3) is 0 Å². The summed E-state index contributed by atoms with van der Waals surface area (Å²) in [5.41, 5.74) is 3.33. The van der Waals surface area contributed by atoms with E-state index in [1.165, 1.54) is 9.13 Å². The van der Waals surface area contributed by atoms with Crippen molar-refractivity contribution in [2.24, 2.45) is 0 Å². The van der Waals surface area contributed by atoms with Crippen molar-refractivity contribution in [1.29, 1.82) is 0 Å². The maximum absolute atomic E-state index is 5.78. The maximum Gasteiger partial charge on any atom is 0.115 e. The zero-order valence-electron chi connectivity index (χ0n) is 6.11. The zero-order valence-corrected chi connectivity index (χ0v) is 8.27. The molecule has 0 atom stereocenters. The predicted molar refractivity (Wildman–Crippen MR) is 54.0 cm³/mol. The monoisotopic (exact) mass is 242 g/mol. The summed E-state index contributed by atoms with van der Waals surface area (Å²) in [5, 5.41) is 0. The molecule has 1 aromatic rings. The molecule has 10 heavy (non-hydrogen) atoms. The standard InChI is InChI=1S/C8H8BI/c1-5-3-4-6(2)8(10)7(5)9/h3-4H,1-2H3. The Morgan fingerprint density at radius 2 is 1.70 bits per heavy atom. The summed E-state index contributed by atoms with van der Waals surface area (Å²) < 4.78 is 1.18. The lowest BCUT2D eigenvalue weighted by Crippen LogP contribution is -2.12. The third-order valence-corrected chi connectivity index (χ3v) is 3.02. The summed E-state index contributed by atoms with van der Waals surface area (Å²) in [6.45, 7) is 4.09. The smallest absolute Gasteiger partial charge is 0.0805 e. The summed E-state index contributed by atoms with van der Waals surface area (Å²) in [6.07, 6.45) is 0. The molecule has 1 rings (SSSR count). The Morgan fingerprint density at radius 3 is 2.20 bits per heavy atom. The van der Waals surface area contributed by atoms with Crippen LogP contribution in [-0.4, -0.2) is 7.85 Å². The van der Waals surface area contributed by atoms with Crippen LogP contribution in [-0.2, 0) is 0 Å². The number of halogens is 1. The van der Waals surface area contributed by atoms with Crippen LogP contribution in [0.3, 0.4) is 0 Å². The first-order valence-electron chi connectivity index (χ1n) is 3.14. The first kappa shape index (κ1) is 8.11. The Hall–Kier alpha value is 0.0149. The van der Waals surface area contributed by atoms with Gasteiger partial charge in [-0.1, -0.05) is 23.2 Å². The Kier molecular flexibility index (Phi) is 2.39. The van der Waals surface area contributed by atoms with Gasteiger partial charge in [0.25, 0.3) is 0 Å². The van der Waals surface area contributed by atoms with Gasteiger partial charge in [-0.25, -0.2) is 0 Å². The Balaban J connectivity index is 3.34. The molecule has 0 nitrogen and oxygen atoms in total. The molecule has 0 saturated heterocycles. The molecule has 0 N–H and O–H groups in total. The van der Waals surface area contributed by atoms with Gasteiger partial charge in [-0.3, -0.25) is 0 Å². The largest absolute Gasteiger partial charge is 0.115 e. The maximum atomic E-state index is 5.78. The van der Waals surface area contributed by atoms with Crippen LogP contribution >= 0.6 is 22.6 Å². The number of rotatable bonds is 0. The summed E-state index contributed by atoms with van der Waals surface area (Å²) in [7, 11) is 5.78. The van der Waals surface area contributed by atoms with Crippen molar-refractivity contribution in [3.8, 4) is 0 Å². The lowest BCUT2D eigenvalue weighted by atomic mass is 9.90. The van der Waals surface area contributed by atoms with Gasteiger partial charge in [0.1, 0.15) is 7.85 Å². The van der Waals surface area contributed by atoms with Gasteiger partial charge in [0, 0.05) is 3.57 Å². The molecule has 0 bridgehead atoms. The summed E-state index contributed by atoms with van der Waals surface area (Å²) >= 11 is 2.27. The minimum atomic E-state index is 0.917. The van der Waals surface area contributed by atoms with Gasteiger partial charge >= 0.3 is 0 Å². The number of hydrogen-bond acceptors (Lipinski definition) is 0. The van der Waals surface area contributed by atoms with Crippen molar-refractivity contribution in [3.05, 3.63) is 26.8 Å². The molecule has 2 heteroatoms. The van der Waals surface area contributed by atoms with Gasteiger partial charge in [-0.05, 0) is 42.0 Å². The molecule has 0 saturated carbocycles. The fourth-order valence-electron chi connectivity index (χ4n) is 0.798. The van der Waals surface area contributed by atoms with Crippen molar-refractivity contribution in [2.45, 2.75) is 13.8 Å². The van der Waals surface area contributed by atoms with Crippen LogP contribution < -0.4 is 5.46 Å². The predicted octanol–water partition coefficient (Wildman–Crippen LogP) is 1.70. The van der Waals surface area contributed by atoms with Crippen molar-refractivity contribution < 1.29 is 0 Å². The summed E-state index contributed by atoms with van der Waals surface area (Å²) in [4.78, 5) is 0. The molecule has 0 heterocycles. The zero-order chi connectivity index (χ0) is 7.72. The third-order valence-electron chi connectivity index (χ3n) is 1.59. The lowest BCUT2D eigenvalue weighted by molar-refractivity contribution is 1.40. The minimum Gasteiger partial charge on any atom is -0.0805 e. The van der Waals surface area contributed by atoms with E-state index in [9.17, 15) is 0 Å². The average molecular weight is 242 g/mol. The van der Waals surface area contributed by atoms with Gasteiger partial charge in [0.15, 0.2) is 0 Å². The number of aryl methyl sites for hydroxylation is 2. The quantitative estimate of drug-likeness (QED) is 0.479. The van der Waals surface area contributed by atoms with Crippen molar-refractivity contribution >= 4 is 35.9 Å². The first-order chi connectivity index (χ1) is 4.63. The Morgan fingerprint density at radius 1 is 1.20 bits per heavy atom. The molecular weight excluding hydrogens is 234 g/mol. The molecule has 0 aliphatic carbocycles. The highest BCUT2D eigenvalue weighted by molar-refractivity contribution is 14.1. The van der Waals surface area contributed by atoms with E-state index in [1.54, 1.807) is 0 Å². The minimum absolute atomic E-state index is 0.917. The van der Waals surface area contributed by atoms with Crippen LogP contribution in [0.15, 0.2) is 12.1 Å². The first-order valence-corrected chi connectivity index (χ1v) is 4.22. The molecule has 0 aromatic heterocycles. The van der Waals surface area contributed by atoms with Crippen molar-refractivity contribution in [1.82, 2.24) is 0 Å². The van der Waals surface area contributed by atoms with E-state index in [0.29, 0.717) is 0 Å². The fraction of sp³-hybridized carbons (Fsp3) is 0.250. The number of benzene rings is 1. The van der Waals surface area contributed by atoms with E-state index >= 15 is 0 Å². The molecule has 1 aromatic carbocycles. The topological polar surface area (TPSA) is 0 Å². The molecule has 0 amide bonds. The normalized spacial score (nSPS) is 9.90. The van der Waals surface area contributed by atoms with Gasteiger partial charge in [-0.15, -0.1) is 0 Å². The second-order valence-corrected chi connectivity index (χ2v) is 3.51. The SMILES string of the molecule is [B]c1c(C)ccc(C)c1I. The molecule has 0 unspecified atom stereocenters. The van der Waals surface area contributed by atoms with Crippen LogP contribution in [0.4, 0.5) is 0 Å². The molecule has 0 aliphatic rings. The highest BCUT2D eigenvalue weighted by atomic mass is 127. The molecule has 0 fully saturated rings. The van der Waals surface area contributed by atoms with Gasteiger partial charge in [0.2, 0.25) is 0 Å². The Bertz CT molecular complexity index is 229. The van der Waals surface area contributed by atoms with Crippen LogP contribution in [0.2, 0.25) is 0 Å². The van der Waals surface area contributed by atoms with Crippen LogP contribution in [0.1, 0.15) is 11.1 Å². The average Bonchev–Trinajstić information content (AvgIpc) is 1.93. The second kappa shape index (κ2) is 2.95. The van der Waals surface area contributed by atoms with Crippen LogP contribution in [0, 0.1) is 17.4 Å². The Labute approximate surface area is 76.6 Å². The van der Waals surface area contributed by atoms with E-state index in [1.807, 2.05) is 13.0 Å². The molecular formula is C8H8BI. The molecule has 2 radical (unpaired) electrons. The second-order valence-electron chi connectivity index (χ2n) is 2.43. The van der Waals surface area contributed by atoms with E-state index in [-0.39, 0.29) is 0 Å². The highest BCUT2D eigenvalue weighted by Crippen LogP contribution is 2.09.